The number of aryl methyl sites for hydroxylation is 1. The van der Waals surface area contributed by atoms with Crippen LogP contribution in [0.2, 0.25) is 5.02 Å². The molecule has 2 aromatic rings. The first-order chi connectivity index (χ1) is 11.5. The zero-order valence-corrected chi connectivity index (χ0v) is 14.5. The molecular weight excluding hydrogens is 326 g/mol. The van der Waals surface area contributed by atoms with Crippen LogP contribution in [-0.4, -0.2) is 58.9 Å². The maximum atomic E-state index is 12.7. The number of rotatable bonds is 3. The normalized spacial score (nSPS) is 15.4. The SMILES string of the molecule is Cc1cc(C(=O)N2CCN(C)CC2)nc(Nc2ccc(Cl)cc2)n1. The number of carbonyl (C=O) groups excluding carboxylic acids is 1. The zero-order valence-electron chi connectivity index (χ0n) is 13.8. The van der Waals surface area contributed by atoms with Crippen LogP contribution in [0.15, 0.2) is 30.3 Å². The summed E-state index contributed by atoms with van der Waals surface area (Å²) in [6.07, 6.45) is 0. The maximum Gasteiger partial charge on any atom is 0.272 e. The Morgan fingerprint density at radius 1 is 1.12 bits per heavy atom. The second kappa shape index (κ2) is 7.15. The first kappa shape index (κ1) is 16.7. The monoisotopic (exact) mass is 345 g/mol. The lowest BCUT2D eigenvalue weighted by molar-refractivity contribution is 0.0658. The van der Waals surface area contributed by atoms with Crippen molar-refractivity contribution in [1.82, 2.24) is 19.8 Å². The van der Waals surface area contributed by atoms with Crippen molar-refractivity contribution in [2.75, 3.05) is 38.5 Å². The molecule has 0 unspecified atom stereocenters. The maximum absolute atomic E-state index is 12.7. The van der Waals surface area contributed by atoms with E-state index >= 15 is 0 Å². The lowest BCUT2D eigenvalue weighted by Gasteiger charge is -2.32. The Labute approximate surface area is 146 Å². The summed E-state index contributed by atoms with van der Waals surface area (Å²) < 4.78 is 0. The molecular formula is C17H20ClN5O. The highest BCUT2D eigenvalue weighted by Crippen LogP contribution is 2.18. The average Bonchev–Trinajstić information content (AvgIpc) is 2.56. The molecule has 1 N–H and O–H groups in total. The van der Waals surface area contributed by atoms with Gasteiger partial charge in [0.05, 0.1) is 0 Å². The van der Waals surface area contributed by atoms with E-state index in [1.807, 2.05) is 24.0 Å². The summed E-state index contributed by atoms with van der Waals surface area (Å²) in [6, 6.07) is 8.99. The summed E-state index contributed by atoms with van der Waals surface area (Å²) in [7, 11) is 2.06. The number of piperazine rings is 1. The molecule has 1 saturated heterocycles. The smallest absolute Gasteiger partial charge is 0.272 e. The van der Waals surface area contributed by atoms with E-state index in [1.54, 1.807) is 18.2 Å². The van der Waals surface area contributed by atoms with E-state index in [9.17, 15) is 4.79 Å². The minimum atomic E-state index is -0.0484. The first-order valence-electron chi connectivity index (χ1n) is 7.87. The zero-order chi connectivity index (χ0) is 17.1. The Hall–Kier alpha value is -2.18. The molecule has 3 rings (SSSR count). The van der Waals surface area contributed by atoms with Crippen molar-refractivity contribution in [2.24, 2.45) is 0 Å². The van der Waals surface area contributed by atoms with Crippen LogP contribution in [0.1, 0.15) is 16.2 Å². The van der Waals surface area contributed by atoms with Crippen molar-refractivity contribution in [1.29, 1.82) is 0 Å². The fourth-order valence-electron chi connectivity index (χ4n) is 2.57. The van der Waals surface area contributed by atoms with Crippen molar-refractivity contribution >= 4 is 29.1 Å². The third-order valence-electron chi connectivity index (χ3n) is 3.96. The Bertz CT molecular complexity index is 726. The summed E-state index contributed by atoms with van der Waals surface area (Å²) >= 11 is 5.89. The van der Waals surface area contributed by atoms with E-state index in [0.29, 0.717) is 16.7 Å². The Balaban J connectivity index is 1.78. The van der Waals surface area contributed by atoms with Gasteiger partial charge in [-0.2, -0.15) is 0 Å². The number of nitrogens with one attached hydrogen (secondary N) is 1. The number of carbonyl (C=O) groups is 1. The van der Waals surface area contributed by atoms with Crippen molar-refractivity contribution in [3.8, 4) is 0 Å². The lowest BCUT2D eigenvalue weighted by Crippen LogP contribution is -2.47. The minimum Gasteiger partial charge on any atom is -0.335 e. The van der Waals surface area contributed by atoms with Crippen LogP contribution >= 0.6 is 11.6 Å². The second-order valence-electron chi connectivity index (χ2n) is 5.95. The number of amides is 1. The fraction of sp³-hybridized carbons (Fsp3) is 0.353. The number of aromatic nitrogens is 2. The molecule has 2 heterocycles. The van der Waals surface area contributed by atoms with E-state index in [0.717, 1.165) is 37.6 Å². The summed E-state index contributed by atoms with van der Waals surface area (Å²) in [6.45, 7) is 5.06. The number of hydrogen-bond acceptors (Lipinski definition) is 5. The molecule has 6 nitrogen and oxygen atoms in total. The van der Waals surface area contributed by atoms with Gasteiger partial charge >= 0.3 is 0 Å². The Morgan fingerprint density at radius 2 is 1.79 bits per heavy atom. The summed E-state index contributed by atoms with van der Waals surface area (Å²) in [5, 5.41) is 3.78. The molecule has 1 aliphatic rings. The Morgan fingerprint density at radius 3 is 2.46 bits per heavy atom. The average molecular weight is 346 g/mol. The number of anilines is 2. The van der Waals surface area contributed by atoms with Gasteiger partial charge in [0.1, 0.15) is 5.69 Å². The molecule has 1 aromatic heterocycles. The van der Waals surface area contributed by atoms with Crippen LogP contribution in [-0.2, 0) is 0 Å². The van der Waals surface area contributed by atoms with E-state index in [1.165, 1.54) is 0 Å². The van der Waals surface area contributed by atoms with Crippen molar-refractivity contribution < 1.29 is 4.79 Å². The third-order valence-corrected chi connectivity index (χ3v) is 4.22. The van der Waals surface area contributed by atoms with Crippen LogP contribution < -0.4 is 5.32 Å². The molecule has 0 radical (unpaired) electrons. The topological polar surface area (TPSA) is 61.4 Å². The largest absolute Gasteiger partial charge is 0.335 e. The van der Waals surface area contributed by atoms with E-state index in [4.69, 9.17) is 11.6 Å². The first-order valence-corrected chi connectivity index (χ1v) is 8.25. The van der Waals surface area contributed by atoms with Gasteiger partial charge < -0.3 is 15.1 Å². The molecule has 1 amide bonds. The quantitative estimate of drug-likeness (QED) is 0.926. The minimum absolute atomic E-state index is 0.0484. The summed E-state index contributed by atoms with van der Waals surface area (Å²) in [5.74, 6) is 0.363. The molecule has 0 aliphatic carbocycles. The lowest BCUT2D eigenvalue weighted by atomic mass is 10.2. The van der Waals surface area contributed by atoms with Gasteiger partial charge in [-0.15, -0.1) is 0 Å². The molecule has 126 valence electrons. The van der Waals surface area contributed by atoms with Gasteiger partial charge in [-0.25, -0.2) is 9.97 Å². The summed E-state index contributed by atoms with van der Waals surface area (Å²) in [5.41, 5.74) is 1.99. The van der Waals surface area contributed by atoms with Crippen LogP contribution in [0.25, 0.3) is 0 Å². The molecule has 0 atom stereocenters. The van der Waals surface area contributed by atoms with E-state index in [2.05, 4.69) is 27.2 Å². The van der Waals surface area contributed by atoms with Crippen LogP contribution in [0, 0.1) is 6.92 Å². The van der Waals surface area contributed by atoms with E-state index < -0.39 is 0 Å². The Kier molecular flexibility index (Phi) is 4.97. The molecule has 1 fully saturated rings. The molecule has 24 heavy (non-hydrogen) atoms. The molecule has 1 aromatic carbocycles. The van der Waals surface area contributed by atoms with Gasteiger partial charge in [-0.05, 0) is 44.3 Å². The van der Waals surface area contributed by atoms with Crippen molar-refractivity contribution in [3.05, 3.63) is 46.7 Å². The molecule has 0 bridgehead atoms. The van der Waals surface area contributed by atoms with Crippen LogP contribution in [0.4, 0.5) is 11.6 Å². The second-order valence-corrected chi connectivity index (χ2v) is 6.38. The number of hydrogen-bond donors (Lipinski definition) is 1. The molecule has 7 heteroatoms. The van der Waals surface area contributed by atoms with Crippen molar-refractivity contribution in [3.63, 3.8) is 0 Å². The predicted octanol–water partition coefficient (Wildman–Crippen LogP) is 2.57. The molecule has 0 saturated carbocycles. The number of likely N-dealkylation sites (N-methyl/N-ethyl adjacent to an activating group) is 1. The van der Waals surface area contributed by atoms with E-state index in [-0.39, 0.29) is 5.91 Å². The number of nitrogens with zero attached hydrogens (tertiary/aromatic N) is 4. The van der Waals surface area contributed by atoms with Gasteiger partial charge in [-0.3, -0.25) is 4.79 Å². The highest BCUT2D eigenvalue weighted by molar-refractivity contribution is 6.30. The van der Waals surface area contributed by atoms with Crippen LogP contribution in [0.3, 0.4) is 0 Å². The van der Waals surface area contributed by atoms with Gasteiger partial charge in [0.2, 0.25) is 5.95 Å². The van der Waals surface area contributed by atoms with Gasteiger partial charge in [0.25, 0.3) is 5.91 Å². The van der Waals surface area contributed by atoms with Crippen LogP contribution in [0.5, 0.6) is 0 Å². The van der Waals surface area contributed by atoms with Crippen molar-refractivity contribution in [2.45, 2.75) is 6.92 Å². The highest BCUT2D eigenvalue weighted by atomic mass is 35.5. The van der Waals surface area contributed by atoms with Gasteiger partial charge in [0, 0.05) is 42.6 Å². The molecule has 0 spiro atoms. The highest BCUT2D eigenvalue weighted by Gasteiger charge is 2.22. The predicted molar refractivity (Wildman–Crippen MR) is 94.9 cm³/mol. The van der Waals surface area contributed by atoms with Gasteiger partial charge in [-0.1, -0.05) is 11.6 Å². The standard InChI is InChI=1S/C17H20ClN5O/c1-12-11-15(16(24)23-9-7-22(2)8-10-23)21-17(19-12)20-14-5-3-13(18)4-6-14/h3-6,11H,7-10H2,1-2H3,(H,19,20,21). The summed E-state index contributed by atoms with van der Waals surface area (Å²) in [4.78, 5) is 25.5. The number of halogens is 1. The number of benzene rings is 1. The molecule has 1 aliphatic heterocycles. The third kappa shape index (κ3) is 4.01. The van der Waals surface area contributed by atoms with Gasteiger partial charge in [0.15, 0.2) is 0 Å². The fourth-order valence-corrected chi connectivity index (χ4v) is 2.69.